The lowest BCUT2D eigenvalue weighted by molar-refractivity contribution is -0.384. The average Bonchev–Trinajstić information content (AvgIpc) is 2.38. The van der Waals surface area contributed by atoms with Crippen molar-refractivity contribution in [1.29, 1.82) is 0 Å². The van der Waals surface area contributed by atoms with Gasteiger partial charge in [0.05, 0.1) is 11.5 Å². The van der Waals surface area contributed by atoms with Crippen molar-refractivity contribution >= 4 is 5.69 Å². The zero-order valence-corrected chi connectivity index (χ0v) is 9.28. The standard InChI is InChI=1S/C13H13NO3/c15-14(16)12-6-8-13(9-7-12)17-10-11-4-2-1-3-5-11/h1-4,6-9,11H,5,10H2. The third-order valence-corrected chi connectivity index (χ3v) is 2.58. The Labute approximate surface area is 99.4 Å². The van der Waals surface area contributed by atoms with Crippen LogP contribution in [0.4, 0.5) is 5.69 Å². The molecular formula is C13H13NO3. The molecule has 0 aliphatic heterocycles. The molecule has 88 valence electrons. The predicted octanol–water partition coefficient (Wildman–Crippen LogP) is 3.11. The molecule has 1 aromatic rings. The number of nitro benzene ring substituents is 1. The van der Waals surface area contributed by atoms with Gasteiger partial charge in [-0.2, -0.15) is 0 Å². The van der Waals surface area contributed by atoms with E-state index in [1.54, 1.807) is 12.1 Å². The van der Waals surface area contributed by atoms with Crippen LogP contribution in [0.3, 0.4) is 0 Å². The summed E-state index contributed by atoms with van der Waals surface area (Å²) in [5.74, 6) is 1.05. The predicted molar refractivity (Wildman–Crippen MR) is 65.0 cm³/mol. The second-order valence-electron chi connectivity index (χ2n) is 3.87. The molecule has 17 heavy (non-hydrogen) atoms. The van der Waals surface area contributed by atoms with E-state index in [0.717, 1.165) is 6.42 Å². The lowest BCUT2D eigenvalue weighted by Gasteiger charge is -2.13. The molecule has 0 saturated heterocycles. The van der Waals surface area contributed by atoms with Crippen molar-refractivity contribution in [2.24, 2.45) is 5.92 Å². The van der Waals surface area contributed by atoms with E-state index in [0.29, 0.717) is 18.3 Å². The maximum Gasteiger partial charge on any atom is 0.269 e. The fourth-order valence-corrected chi connectivity index (χ4v) is 1.62. The molecule has 1 aromatic carbocycles. The van der Waals surface area contributed by atoms with Gasteiger partial charge in [-0.25, -0.2) is 0 Å². The van der Waals surface area contributed by atoms with Crippen molar-refractivity contribution < 1.29 is 9.66 Å². The van der Waals surface area contributed by atoms with Gasteiger partial charge in [0.2, 0.25) is 0 Å². The minimum Gasteiger partial charge on any atom is -0.493 e. The molecule has 0 N–H and O–H groups in total. The Balaban J connectivity index is 1.88. The molecule has 0 radical (unpaired) electrons. The van der Waals surface area contributed by atoms with Crippen molar-refractivity contribution in [3.8, 4) is 5.75 Å². The fourth-order valence-electron chi connectivity index (χ4n) is 1.62. The topological polar surface area (TPSA) is 52.4 Å². The van der Waals surface area contributed by atoms with E-state index in [1.165, 1.54) is 12.1 Å². The van der Waals surface area contributed by atoms with Gasteiger partial charge < -0.3 is 4.74 Å². The summed E-state index contributed by atoms with van der Waals surface area (Å²) in [5.41, 5.74) is 0.0813. The number of hydrogen-bond acceptors (Lipinski definition) is 3. The minimum atomic E-state index is -0.418. The highest BCUT2D eigenvalue weighted by Gasteiger charge is 2.08. The van der Waals surface area contributed by atoms with Crippen molar-refractivity contribution in [3.05, 3.63) is 58.7 Å². The highest BCUT2D eigenvalue weighted by Crippen LogP contribution is 2.19. The van der Waals surface area contributed by atoms with E-state index in [2.05, 4.69) is 12.2 Å². The molecule has 0 aromatic heterocycles. The zero-order chi connectivity index (χ0) is 12.1. The van der Waals surface area contributed by atoms with Gasteiger partial charge in [0, 0.05) is 18.1 Å². The first-order valence-corrected chi connectivity index (χ1v) is 5.46. The van der Waals surface area contributed by atoms with Gasteiger partial charge in [-0.05, 0) is 18.6 Å². The molecule has 1 unspecified atom stereocenters. The molecule has 4 heteroatoms. The molecule has 4 nitrogen and oxygen atoms in total. The maximum atomic E-state index is 10.5. The quantitative estimate of drug-likeness (QED) is 0.591. The van der Waals surface area contributed by atoms with Gasteiger partial charge in [-0.15, -0.1) is 0 Å². The highest BCUT2D eigenvalue weighted by molar-refractivity contribution is 5.36. The largest absolute Gasteiger partial charge is 0.493 e. The Kier molecular flexibility index (Phi) is 3.55. The van der Waals surface area contributed by atoms with Crippen molar-refractivity contribution in [1.82, 2.24) is 0 Å². The maximum absolute atomic E-state index is 10.5. The zero-order valence-electron chi connectivity index (χ0n) is 9.28. The van der Waals surface area contributed by atoms with Gasteiger partial charge >= 0.3 is 0 Å². The molecule has 0 fully saturated rings. The lowest BCUT2D eigenvalue weighted by atomic mass is 10.0. The minimum absolute atomic E-state index is 0.0813. The number of non-ortho nitro benzene ring substituents is 1. The molecule has 1 aliphatic carbocycles. The summed E-state index contributed by atoms with van der Waals surface area (Å²) < 4.78 is 5.57. The van der Waals surface area contributed by atoms with Gasteiger partial charge in [0.1, 0.15) is 5.75 Å². The van der Waals surface area contributed by atoms with Gasteiger partial charge in [-0.1, -0.05) is 24.3 Å². The van der Waals surface area contributed by atoms with Crippen molar-refractivity contribution in [2.45, 2.75) is 6.42 Å². The molecular weight excluding hydrogens is 218 g/mol. The number of rotatable bonds is 4. The second kappa shape index (κ2) is 5.30. The highest BCUT2D eigenvalue weighted by atomic mass is 16.6. The molecule has 1 atom stereocenters. The smallest absolute Gasteiger partial charge is 0.269 e. The Morgan fingerprint density at radius 3 is 2.65 bits per heavy atom. The first kappa shape index (κ1) is 11.4. The number of allylic oxidation sites excluding steroid dienone is 3. The summed E-state index contributed by atoms with van der Waals surface area (Å²) in [5, 5.41) is 10.5. The molecule has 0 saturated carbocycles. The van der Waals surface area contributed by atoms with Crippen LogP contribution in [0.2, 0.25) is 0 Å². The third-order valence-electron chi connectivity index (χ3n) is 2.58. The van der Waals surface area contributed by atoms with E-state index in [4.69, 9.17) is 4.74 Å². The molecule has 2 rings (SSSR count). The van der Waals surface area contributed by atoms with Crippen LogP contribution in [0.1, 0.15) is 6.42 Å². The third kappa shape index (κ3) is 3.17. The Morgan fingerprint density at radius 1 is 1.29 bits per heavy atom. The molecule has 0 spiro atoms. The van der Waals surface area contributed by atoms with Crippen LogP contribution in [-0.4, -0.2) is 11.5 Å². The number of ether oxygens (including phenoxy) is 1. The molecule has 0 heterocycles. The average molecular weight is 231 g/mol. The van der Waals surface area contributed by atoms with E-state index in [1.807, 2.05) is 12.2 Å². The molecule has 1 aliphatic rings. The summed E-state index contributed by atoms with van der Waals surface area (Å²) in [6.45, 7) is 0.596. The van der Waals surface area contributed by atoms with Crippen LogP contribution in [0.15, 0.2) is 48.6 Å². The van der Waals surface area contributed by atoms with Gasteiger partial charge in [0.15, 0.2) is 0 Å². The molecule has 0 amide bonds. The SMILES string of the molecule is O=[N+]([O-])c1ccc(OCC2C=CC=CC2)cc1. The summed E-state index contributed by atoms with van der Waals surface area (Å²) >= 11 is 0. The van der Waals surface area contributed by atoms with E-state index in [-0.39, 0.29) is 5.69 Å². The summed E-state index contributed by atoms with van der Waals surface area (Å²) in [6.07, 6.45) is 9.20. The number of hydrogen-bond donors (Lipinski definition) is 0. The van der Waals surface area contributed by atoms with E-state index in [9.17, 15) is 10.1 Å². The van der Waals surface area contributed by atoms with Crippen LogP contribution < -0.4 is 4.74 Å². The van der Waals surface area contributed by atoms with Crippen molar-refractivity contribution in [2.75, 3.05) is 6.61 Å². The van der Waals surface area contributed by atoms with Crippen molar-refractivity contribution in [3.63, 3.8) is 0 Å². The normalized spacial score (nSPS) is 18.0. The summed E-state index contributed by atoms with van der Waals surface area (Å²) in [6, 6.07) is 6.15. The van der Waals surface area contributed by atoms with E-state index >= 15 is 0 Å². The number of nitrogens with zero attached hydrogens (tertiary/aromatic N) is 1. The number of nitro groups is 1. The van der Waals surface area contributed by atoms with Gasteiger partial charge in [-0.3, -0.25) is 10.1 Å². The van der Waals surface area contributed by atoms with Crippen LogP contribution in [-0.2, 0) is 0 Å². The van der Waals surface area contributed by atoms with Crippen LogP contribution in [0.25, 0.3) is 0 Å². The second-order valence-corrected chi connectivity index (χ2v) is 3.87. The lowest BCUT2D eigenvalue weighted by Crippen LogP contribution is -2.10. The Hall–Kier alpha value is -2.10. The van der Waals surface area contributed by atoms with Gasteiger partial charge in [0.25, 0.3) is 5.69 Å². The number of benzene rings is 1. The first-order valence-electron chi connectivity index (χ1n) is 5.46. The first-order chi connectivity index (χ1) is 8.25. The molecule has 0 bridgehead atoms. The van der Waals surface area contributed by atoms with E-state index < -0.39 is 4.92 Å². The summed E-state index contributed by atoms with van der Waals surface area (Å²) in [7, 11) is 0. The summed E-state index contributed by atoms with van der Waals surface area (Å²) in [4.78, 5) is 10.0. The monoisotopic (exact) mass is 231 g/mol. The fraction of sp³-hybridized carbons (Fsp3) is 0.231. The van der Waals surface area contributed by atoms with Crippen LogP contribution in [0.5, 0.6) is 5.75 Å². The van der Waals surface area contributed by atoms with Crippen LogP contribution >= 0.6 is 0 Å². The van der Waals surface area contributed by atoms with Crippen LogP contribution in [0, 0.1) is 16.0 Å². The Bertz CT molecular complexity index is 448. The Morgan fingerprint density at radius 2 is 2.06 bits per heavy atom.